The highest BCUT2D eigenvalue weighted by Gasteiger charge is 2.15. The van der Waals surface area contributed by atoms with Crippen molar-refractivity contribution in [3.8, 4) is 5.75 Å². The third-order valence-electron chi connectivity index (χ3n) is 2.66. The third kappa shape index (κ3) is 3.35. The van der Waals surface area contributed by atoms with Crippen molar-refractivity contribution >= 4 is 5.84 Å². The van der Waals surface area contributed by atoms with Gasteiger partial charge in [-0.05, 0) is 19.9 Å². The average molecular weight is 237 g/mol. The molecule has 4 N–H and O–H groups in total. The number of rotatable bonds is 5. The van der Waals surface area contributed by atoms with Crippen molar-refractivity contribution in [3.05, 3.63) is 29.8 Å². The van der Waals surface area contributed by atoms with Gasteiger partial charge in [0, 0.05) is 11.6 Å². The van der Waals surface area contributed by atoms with Gasteiger partial charge in [-0.25, -0.2) is 0 Å². The van der Waals surface area contributed by atoms with E-state index >= 15 is 0 Å². The number of hydrogen-bond donors (Lipinski definition) is 3. The van der Waals surface area contributed by atoms with Crippen molar-refractivity contribution in [2.45, 2.75) is 25.9 Å². The molecule has 0 heterocycles. The second-order valence-electron chi connectivity index (χ2n) is 3.88. The van der Waals surface area contributed by atoms with Crippen molar-refractivity contribution in [1.29, 1.82) is 0 Å². The fraction of sp³-hybridized carbons (Fsp3) is 0.417. The van der Waals surface area contributed by atoms with Gasteiger partial charge in [-0.1, -0.05) is 23.4 Å². The zero-order valence-corrected chi connectivity index (χ0v) is 10.3. The molecule has 0 bridgehead atoms. The Morgan fingerprint density at radius 1 is 1.41 bits per heavy atom. The quantitative estimate of drug-likeness (QED) is 0.313. The Hall–Kier alpha value is -1.75. The van der Waals surface area contributed by atoms with Gasteiger partial charge in [-0.2, -0.15) is 0 Å². The minimum Gasteiger partial charge on any atom is -0.496 e. The number of nitrogens with two attached hydrogens (primary N) is 1. The van der Waals surface area contributed by atoms with Crippen LogP contribution in [0.25, 0.3) is 0 Å². The van der Waals surface area contributed by atoms with Gasteiger partial charge in [0.2, 0.25) is 0 Å². The van der Waals surface area contributed by atoms with E-state index in [1.807, 2.05) is 38.1 Å². The first kappa shape index (κ1) is 13.3. The molecule has 0 fully saturated rings. The first-order valence-corrected chi connectivity index (χ1v) is 5.46. The highest BCUT2D eigenvalue weighted by molar-refractivity contribution is 5.84. The summed E-state index contributed by atoms with van der Waals surface area (Å²) in [6.45, 7) is 3.83. The van der Waals surface area contributed by atoms with Crippen LogP contribution in [0.15, 0.2) is 29.4 Å². The second-order valence-corrected chi connectivity index (χ2v) is 3.88. The molecule has 0 aliphatic heterocycles. The molecule has 17 heavy (non-hydrogen) atoms. The van der Waals surface area contributed by atoms with Crippen LogP contribution in [0.2, 0.25) is 0 Å². The molecule has 1 unspecified atom stereocenters. The lowest BCUT2D eigenvalue weighted by molar-refractivity contribution is 0.314. The Morgan fingerprint density at radius 2 is 2.06 bits per heavy atom. The van der Waals surface area contributed by atoms with Crippen molar-refractivity contribution in [2.75, 3.05) is 7.11 Å². The zero-order chi connectivity index (χ0) is 12.8. The first-order valence-electron chi connectivity index (χ1n) is 5.46. The lowest BCUT2D eigenvalue weighted by atomic mass is 10.1. The number of nitrogens with zero attached hydrogens (tertiary/aromatic N) is 1. The molecule has 0 aliphatic rings. The van der Waals surface area contributed by atoms with Gasteiger partial charge < -0.3 is 21.0 Å². The monoisotopic (exact) mass is 237 g/mol. The minimum absolute atomic E-state index is 0.0430. The van der Waals surface area contributed by atoms with E-state index in [0.29, 0.717) is 0 Å². The van der Waals surface area contributed by atoms with E-state index in [1.54, 1.807) is 7.11 Å². The molecule has 5 heteroatoms. The highest BCUT2D eigenvalue weighted by atomic mass is 16.5. The number of hydrogen-bond acceptors (Lipinski definition) is 4. The molecule has 94 valence electrons. The fourth-order valence-corrected chi connectivity index (χ4v) is 1.66. The summed E-state index contributed by atoms with van der Waals surface area (Å²) in [7, 11) is 1.64. The predicted molar refractivity (Wildman–Crippen MR) is 67.4 cm³/mol. The van der Waals surface area contributed by atoms with Gasteiger partial charge >= 0.3 is 0 Å². The smallest absolute Gasteiger partial charge is 0.156 e. The molecule has 1 aromatic rings. The normalized spacial score (nSPS) is 15.4. The number of ether oxygens (including phenoxy) is 1. The van der Waals surface area contributed by atoms with Crippen LogP contribution < -0.4 is 15.8 Å². The summed E-state index contributed by atoms with van der Waals surface area (Å²) >= 11 is 0. The Labute approximate surface area is 101 Å². The van der Waals surface area contributed by atoms with Crippen molar-refractivity contribution in [3.63, 3.8) is 0 Å². The molecular weight excluding hydrogens is 218 g/mol. The molecule has 0 radical (unpaired) electrons. The van der Waals surface area contributed by atoms with E-state index in [0.717, 1.165) is 11.3 Å². The van der Waals surface area contributed by atoms with Crippen LogP contribution in [0.1, 0.15) is 25.5 Å². The van der Waals surface area contributed by atoms with Gasteiger partial charge in [0.25, 0.3) is 0 Å². The lowest BCUT2D eigenvalue weighted by Gasteiger charge is -2.21. The summed E-state index contributed by atoms with van der Waals surface area (Å²) in [5, 5.41) is 14.8. The second kappa shape index (κ2) is 6.10. The van der Waals surface area contributed by atoms with Gasteiger partial charge in [0.15, 0.2) is 5.84 Å². The molecule has 5 nitrogen and oxygen atoms in total. The molecule has 2 atom stereocenters. The van der Waals surface area contributed by atoms with Crippen LogP contribution in [0.3, 0.4) is 0 Å². The van der Waals surface area contributed by atoms with Gasteiger partial charge in [-0.3, -0.25) is 0 Å². The van der Waals surface area contributed by atoms with Crippen LogP contribution >= 0.6 is 0 Å². The Kier molecular flexibility index (Phi) is 4.78. The summed E-state index contributed by atoms with van der Waals surface area (Å²) in [5.41, 5.74) is 6.55. The van der Waals surface area contributed by atoms with E-state index in [-0.39, 0.29) is 17.9 Å². The molecule has 0 amide bonds. The molecule has 1 aromatic carbocycles. The summed E-state index contributed by atoms with van der Waals surface area (Å²) in [6, 6.07) is 7.59. The number of methoxy groups -OCH3 is 1. The Morgan fingerprint density at radius 3 is 2.65 bits per heavy atom. The number of amidine groups is 1. The maximum Gasteiger partial charge on any atom is 0.156 e. The number of nitrogens with one attached hydrogen (secondary N) is 1. The zero-order valence-electron chi connectivity index (χ0n) is 10.3. The van der Waals surface area contributed by atoms with Gasteiger partial charge in [-0.15, -0.1) is 0 Å². The molecule has 0 saturated heterocycles. The number of oxime groups is 1. The Bertz CT molecular complexity index is 393. The minimum atomic E-state index is -0.208. The fourth-order valence-electron chi connectivity index (χ4n) is 1.66. The van der Waals surface area contributed by atoms with E-state index in [4.69, 9.17) is 15.7 Å². The SMILES string of the molecule is COc1ccccc1[C@H](C)NC(C)/C(N)=N/O. The largest absolute Gasteiger partial charge is 0.496 e. The maximum absolute atomic E-state index is 8.59. The molecule has 0 aromatic heterocycles. The van der Waals surface area contributed by atoms with Crippen LogP contribution in [0.4, 0.5) is 0 Å². The number of benzene rings is 1. The van der Waals surface area contributed by atoms with Gasteiger partial charge in [0.1, 0.15) is 5.75 Å². The first-order chi connectivity index (χ1) is 8.10. The highest BCUT2D eigenvalue weighted by Crippen LogP contribution is 2.24. The van der Waals surface area contributed by atoms with Crippen molar-refractivity contribution in [1.82, 2.24) is 5.32 Å². The molecule has 0 saturated carbocycles. The molecule has 1 rings (SSSR count). The van der Waals surface area contributed by atoms with Gasteiger partial charge in [0.05, 0.1) is 13.2 Å². The van der Waals surface area contributed by atoms with Crippen LogP contribution in [-0.4, -0.2) is 24.2 Å². The Balaban J connectivity index is 2.79. The third-order valence-corrected chi connectivity index (χ3v) is 2.66. The molecule has 0 aliphatic carbocycles. The lowest BCUT2D eigenvalue weighted by Crippen LogP contribution is -2.40. The van der Waals surface area contributed by atoms with E-state index < -0.39 is 0 Å². The predicted octanol–water partition coefficient (Wildman–Crippen LogP) is 1.48. The number of para-hydroxylation sites is 1. The van der Waals surface area contributed by atoms with Crippen LogP contribution in [0.5, 0.6) is 5.75 Å². The summed E-state index contributed by atoms with van der Waals surface area (Å²) in [6.07, 6.45) is 0. The average Bonchev–Trinajstić information content (AvgIpc) is 2.37. The van der Waals surface area contributed by atoms with E-state index in [9.17, 15) is 0 Å². The molecular formula is C12H19N3O2. The van der Waals surface area contributed by atoms with E-state index in [2.05, 4.69) is 10.5 Å². The van der Waals surface area contributed by atoms with Crippen LogP contribution in [-0.2, 0) is 0 Å². The summed E-state index contributed by atoms with van der Waals surface area (Å²) in [4.78, 5) is 0. The van der Waals surface area contributed by atoms with Crippen molar-refractivity contribution in [2.24, 2.45) is 10.9 Å². The maximum atomic E-state index is 8.59. The van der Waals surface area contributed by atoms with Crippen LogP contribution in [0, 0.1) is 0 Å². The standard InChI is InChI=1S/C12H19N3O2/c1-8(14-9(2)12(13)15-16)10-6-4-5-7-11(10)17-3/h4-9,14,16H,1-3H3,(H2,13,15)/t8-,9?/m0/s1. The topological polar surface area (TPSA) is 79.9 Å². The van der Waals surface area contributed by atoms with E-state index in [1.165, 1.54) is 0 Å². The molecule has 0 spiro atoms. The summed E-state index contributed by atoms with van der Waals surface area (Å²) < 4.78 is 5.28. The summed E-state index contributed by atoms with van der Waals surface area (Å²) in [5.74, 6) is 0.978. The van der Waals surface area contributed by atoms with Crippen molar-refractivity contribution < 1.29 is 9.94 Å².